The Hall–Kier alpha value is -2.47. The number of methoxy groups -OCH3 is 1. The van der Waals surface area contributed by atoms with E-state index >= 15 is 0 Å². The molecule has 6 nitrogen and oxygen atoms in total. The molecule has 1 aromatic heterocycles. The predicted octanol–water partition coefficient (Wildman–Crippen LogP) is 2.97. The van der Waals surface area contributed by atoms with Gasteiger partial charge in [-0.15, -0.1) is 0 Å². The maximum Gasteiger partial charge on any atom is 0.258 e. The summed E-state index contributed by atoms with van der Waals surface area (Å²) < 4.78 is 5.32. The number of amides is 1. The topological polar surface area (TPSA) is 67.4 Å². The first-order valence-electron chi connectivity index (χ1n) is 10.2. The standard InChI is InChI=1S/C22H28N4O2/c1-3-20-23-13-19(22(25-20)28-2)21(27)24-16-11-17-9-10-18(12-16)26(17)14-15-7-5-4-6-8-15/h4-8,13,16-18H,3,9-12,14H2,1-2H3,(H,24,27)/t16?,17-,18+. The molecule has 4 rings (SSSR count). The second-order valence-corrected chi connectivity index (χ2v) is 7.75. The van der Waals surface area contributed by atoms with E-state index in [1.165, 1.54) is 18.4 Å². The molecule has 148 valence electrons. The number of carbonyl (C=O) groups is 1. The van der Waals surface area contributed by atoms with Crippen LogP contribution in [0.5, 0.6) is 5.88 Å². The van der Waals surface area contributed by atoms with Gasteiger partial charge in [-0.2, -0.15) is 4.98 Å². The van der Waals surface area contributed by atoms with E-state index in [4.69, 9.17) is 4.74 Å². The van der Waals surface area contributed by atoms with Gasteiger partial charge in [-0.05, 0) is 31.2 Å². The quantitative estimate of drug-likeness (QED) is 0.835. The Balaban J connectivity index is 1.40. The fourth-order valence-corrected chi connectivity index (χ4v) is 4.59. The lowest BCUT2D eigenvalue weighted by Gasteiger charge is -2.39. The zero-order valence-corrected chi connectivity index (χ0v) is 16.6. The van der Waals surface area contributed by atoms with Gasteiger partial charge in [0, 0.05) is 37.3 Å². The number of hydrogen-bond acceptors (Lipinski definition) is 5. The van der Waals surface area contributed by atoms with Crippen LogP contribution in [0.4, 0.5) is 0 Å². The van der Waals surface area contributed by atoms with Crippen molar-refractivity contribution in [1.29, 1.82) is 0 Å². The van der Waals surface area contributed by atoms with Crippen molar-refractivity contribution in [1.82, 2.24) is 20.2 Å². The van der Waals surface area contributed by atoms with Crippen LogP contribution in [0.25, 0.3) is 0 Å². The van der Waals surface area contributed by atoms with E-state index in [-0.39, 0.29) is 11.9 Å². The highest BCUT2D eigenvalue weighted by Gasteiger charge is 2.41. The molecule has 1 N–H and O–H groups in total. The van der Waals surface area contributed by atoms with Crippen molar-refractivity contribution >= 4 is 5.91 Å². The molecular formula is C22H28N4O2. The first-order chi connectivity index (χ1) is 13.7. The first kappa shape index (κ1) is 18.9. The zero-order valence-electron chi connectivity index (χ0n) is 16.6. The van der Waals surface area contributed by atoms with Gasteiger partial charge in [0.1, 0.15) is 11.4 Å². The maximum atomic E-state index is 12.8. The fourth-order valence-electron chi connectivity index (χ4n) is 4.59. The normalized spacial score (nSPS) is 24.1. The average molecular weight is 380 g/mol. The number of ether oxygens (including phenoxy) is 1. The van der Waals surface area contributed by atoms with E-state index in [1.54, 1.807) is 13.3 Å². The molecule has 3 heterocycles. The number of aryl methyl sites for hydroxylation is 1. The van der Waals surface area contributed by atoms with Gasteiger partial charge in [-0.25, -0.2) is 4.98 Å². The molecule has 2 fully saturated rings. The molecule has 0 radical (unpaired) electrons. The monoisotopic (exact) mass is 380 g/mol. The minimum Gasteiger partial charge on any atom is -0.480 e. The van der Waals surface area contributed by atoms with Crippen molar-refractivity contribution in [2.75, 3.05) is 7.11 Å². The number of nitrogens with one attached hydrogen (secondary N) is 1. The number of rotatable bonds is 6. The predicted molar refractivity (Wildman–Crippen MR) is 107 cm³/mol. The highest BCUT2D eigenvalue weighted by atomic mass is 16.5. The minimum atomic E-state index is -0.139. The van der Waals surface area contributed by atoms with E-state index in [2.05, 4.69) is 50.5 Å². The Morgan fingerprint density at radius 3 is 2.57 bits per heavy atom. The smallest absolute Gasteiger partial charge is 0.258 e. The van der Waals surface area contributed by atoms with Gasteiger partial charge in [-0.3, -0.25) is 9.69 Å². The van der Waals surface area contributed by atoms with Crippen LogP contribution in [0.2, 0.25) is 0 Å². The molecule has 2 saturated heterocycles. The van der Waals surface area contributed by atoms with Gasteiger partial charge in [-0.1, -0.05) is 37.3 Å². The van der Waals surface area contributed by atoms with Crippen LogP contribution in [0.3, 0.4) is 0 Å². The summed E-state index contributed by atoms with van der Waals surface area (Å²) >= 11 is 0. The van der Waals surface area contributed by atoms with Crippen molar-refractivity contribution in [2.45, 2.75) is 63.7 Å². The summed E-state index contributed by atoms with van der Waals surface area (Å²) in [4.78, 5) is 24.0. The molecule has 0 spiro atoms. The third-order valence-electron chi connectivity index (χ3n) is 5.99. The van der Waals surface area contributed by atoms with E-state index in [9.17, 15) is 4.79 Å². The molecule has 0 saturated carbocycles. The minimum absolute atomic E-state index is 0.139. The fraction of sp³-hybridized carbons (Fsp3) is 0.500. The molecule has 2 aromatic rings. The zero-order chi connectivity index (χ0) is 19.5. The lowest BCUT2D eigenvalue weighted by Crippen LogP contribution is -2.50. The number of aromatic nitrogens is 2. The van der Waals surface area contributed by atoms with Crippen LogP contribution in [-0.2, 0) is 13.0 Å². The van der Waals surface area contributed by atoms with Crippen molar-refractivity contribution in [3.63, 3.8) is 0 Å². The van der Waals surface area contributed by atoms with Crippen LogP contribution >= 0.6 is 0 Å². The summed E-state index contributed by atoms with van der Waals surface area (Å²) in [5.74, 6) is 0.898. The third-order valence-corrected chi connectivity index (χ3v) is 5.99. The molecule has 2 aliphatic heterocycles. The van der Waals surface area contributed by atoms with Crippen LogP contribution < -0.4 is 10.1 Å². The van der Waals surface area contributed by atoms with Gasteiger partial charge in [0.05, 0.1) is 7.11 Å². The Morgan fingerprint density at radius 1 is 1.21 bits per heavy atom. The Kier molecular flexibility index (Phi) is 5.57. The third kappa shape index (κ3) is 3.87. The Labute approximate surface area is 166 Å². The molecule has 2 bridgehead atoms. The number of nitrogens with zero attached hydrogens (tertiary/aromatic N) is 3. The largest absolute Gasteiger partial charge is 0.480 e. The van der Waals surface area contributed by atoms with Crippen LogP contribution in [0.15, 0.2) is 36.5 Å². The van der Waals surface area contributed by atoms with Gasteiger partial charge in [0.2, 0.25) is 5.88 Å². The van der Waals surface area contributed by atoms with Crippen molar-refractivity contribution in [3.8, 4) is 5.88 Å². The Morgan fingerprint density at radius 2 is 1.93 bits per heavy atom. The average Bonchev–Trinajstić information content (AvgIpc) is 2.96. The van der Waals surface area contributed by atoms with E-state index in [0.717, 1.165) is 19.4 Å². The molecule has 1 amide bonds. The molecule has 28 heavy (non-hydrogen) atoms. The van der Waals surface area contributed by atoms with E-state index < -0.39 is 0 Å². The molecule has 3 atom stereocenters. The lowest BCUT2D eigenvalue weighted by molar-refractivity contribution is 0.0824. The van der Waals surface area contributed by atoms with Crippen LogP contribution in [-0.4, -0.2) is 46.0 Å². The second kappa shape index (κ2) is 8.27. The molecule has 1 unspecified atom stereocenters. The number of piperidine rings is 1. The molecule has 6 heteroatoms. The van der Waals surface area contributed by atoms with E-state index in [1.807, 2.05) is 6.92 Å². The number of fused-ring (bicyclic) bond motifs is 2. The number of hydrogen-bond donors (Lipinski definition) is 1. The number of benzene rings is 1. The van der Waals surface area contributed by atoms with Crippen molar-refractivity contribution in [2.24, 2.45) is 0 Å². The summed E-state index contributed by atoms with van der Waals surface area (Å²) in [6, 6.07) is 11.9. The van der Waals surface area contributed by atoms with Crippen molar-refractivity contribution < 1.29 is 9.53 Å². The summed E-state index contributed by atoms with van der Waals surface area (Å²) in [6.45, 7) is 2.98. The van der Waals surface area contributed by atoms with Gasteiger partial charge in [0.25, 0.3) is 5.91 Å². The summed E-state index contributed by atoms with van der Waals surface area (Å²) in [7, 11) is 1.54. The summed E-state index contributed by atoms with van der Waals surface area (Å²) in [5, 5.41) is 3.21. The highest BCUT2D eigenvalue weighted by Crippen LogP contribution is 2.37. The summed E-state index contributed by atoms with van der Waals surface area (Å²) in [5.41, 5.74) is 1.78. The lowest BCUT2D eigenvalue weighted by atomic mass is 9.96. The molecule has 2 aliphatic rings. The van der Waals surface area contributed by atoms with Gasteiger partial charge in [0.15, 0.2) is 0 Å². The van der Waals surface area contributed by atoms with Gasteiger partial charge >= 0.3 is 0 Å². The highest BCUT2D eigenvalue weighted by molar-refractivity contribution is 5.96. The van der Waals surface area contributed by atoms with Crippen LogP contribution in [0, 0.1) is 0 Å². The molecule has 0 aliphatic carbocycles. The van der Waals surface area contributed by atoms with E-state index in [0.29, 0.717) is 35.8 Å². The second-order valence-electron chi connectivity index (χ2n) is 7.75. The Bertz CT molecular complexity index is 813. The number of carbonyl (C=O) groups excluding carboxylic acids is 1. The summed E-state index contributed by atoms with van der Waals surface area (Å²) in [6.07, 6.45) is 6.69. The molecule has 1 aromatic carbocycles. The first-order valence-corrected chi connectivity index (χ1v) is 10.2. The van der Waals surface area contributed by atoms with Gasteiger partial charge < -0.3 is 10.1 Å². The SMILES string of the molecule is CCc1ncc(C(=O)NC2C[C@H]3CC[C@@H](C2)N3Cc2ccccc2)c(OC)n1. The maximum absolute atomic E-state index is 12.8. The molecular weight excluding hydrogens is 352 g/mol. The van der Waals surface area contributed by atoms with Crippen LogP contribution in [0.1, 0.15) is 54.4 Å². The van der Waals surface area contributed by atoms with Crippen molar-refractivity contribution in [3.05, 3.63) is 53.5 Å².